The predicted molar refractivity (Wildman–Crippen MR) is 131 cm³/mol. The van der Waals surface area contributed by atoms with E-state index in [-0.39, 0.29) is 37.7 Å². The van der Waals surface area contributed by atoms with Crippen LogP contribution in [0.15, 0.2) is 4.99 Å². The minimum Gasteiger partial charge on any atom is -0.481 e. The summed E-state index contributed by atoms with van der Waals surface area (Å²) in [5, 5.41) is 25.2. The molecule has 0 saturated heterocycles. The van der Waals surface area contributed by atoms with E-state index in [0.717, 1.165) is 0 Å². The SMILES string of the molecule is CC(C)CC(NC(=O)C(CCC(=O)O)NC(=O)C(N)CCCN=C(N)N)C(=O)NC(CC(N)=O)C(=O)O. The second-order valence-corrected chi connectivity index (χ2v) is 8.81. The monoisotopic (exact) mass is 530 g/mol. The molecule has 0 fully saturated rings. The van der Waals surface area contributed by atoms with E-state index in [2.05, 4.69) is 20.9 Å². The maximum Gasteiger partial charge on any atom is 0.326 e. The van der Waals surface area contributed by atoms with Gasteiger partial charge in [-0.25, -0.2) is 4.79 Å². The smallest absolute Gasteiger partial charge is 0.326 e. The number of carbonyl (C=O) groups excluding carboxylic acids is 4. The lowest BCUT2D eigenvalue weighted by Gasteiger charge is -2.25. The predicted octanol–water partition coefficient (Wildman–Crippen LogP) is -3.31. The average molecular weight is 531 g/mol. The standard InChI is InChI=1S/C21H38N8O8/c1-10(2)8-13(19(35)29-14(20(36)37)9-15(23)30)28-18(34)12(5-6-16(31)32)27-17(33)11(22)4-3-7-26-21(24)25/h10-14H,3-9,22H2,1-2H3,(H2,23,30)(H,27,33)(H,28,34)(H,29,35)(H,31,32)(H,36,37)(H4,24,25,26). The van der Waals surface area contributed by atoms with Gasteiger partial charge in [-0.1, -0.05) is 13.8 Å². The maximum atomic E-state index is 13.0. The summed E-state index contributed by atoms with van der Waals surface area (Å²) >= 11 is 0. The molecule has 0 aliphatic carbocycles. The van der Waals surface area contributed by atoms with Crippen molar-refractivity contribution in [2.75, 3.05) is 6.54 Å². The van der Waals surface area contributed by atoms with E-state index in [1.165, 1.54) is 0 Å². The molecule has 0 aromatic rings. The van der Waals surface area contributed by atoms with Gasteiger partial charge in [0.25, 0.3) is 0 Å². The normalized spacial score (nSPS) is 13.9. The summed E-state index contributed by atoms with van der Waals surface area (Å²) in [5.41, 5.74) is 21.3. The molecule has 4 amide bonds. The van der Waals surface area contributed by atoms with Crippen LogP contribution in [0.1, 0.15) is 52.4 Å². The molecule has 13 N–H and O–H groups in total. The molecule has 16 heteroatoms. The number of hydrogen-bond donors (Lipinski definition) is 9. The van der Waals surface area contributed by atoms with E-state index in [9.17, 15) is 33.9 Å². The molecule has 0 aromatic heterocycles. The van der Waals surface area contributed by atoms with Crippen molar-refractivity contribution in [3.8, 4) is 0 Å². The van der Waals surface area contributed by atoms with Crippen LogP contribution < -0.4 is 38.9 Å². The van der Waals surface area contributed by atoms with Crippen LogP contribution in [-0.2, 0) is 28.8 Å². The van der Waals surface area contributed by atoms with Crippen molar-refractivity contribution in [3.05, 3.63) is 0 Å². The fourth-order valence-corrected chi connectivity index (χ4v) is 3.11. The van der Waals surface area contributed by atoms with Gasteiger partial charge in [-0.2, -0.15) is 0 Å². The van der Waals surface area contributed by atoms with Gasteiger partial charge < -0.3 is 49.1 Å². The zero-order chi connectivity index (χ0) is 28.7. The largest absolute Gasteiger partial charge is 0.481 e. The van der Waals surface area contributed by atoms with Crippen LogP contribution in [0.5, 0.6) is 0 Å². The molecule has 0 rings (SSSR count). The molecule has 4 unspecified atom stereocenters. The lowest BCUT2D eigenvalue weighted by Crippen LogP contribution is -2.57. The van der Waals surface area contributed by atoms with Crippen LogP contribution in [0.25, 0.3) is 0 Å². The molecule has 16 nitrogen and oxygen atoms in total. The number of nitrogens with one attached hydrogen (secondary N) is 3. The number of amides is 4. The fourth-order valence-electron chi connectivity index (χ4n) is 3.11. The average Bonchev–Trinajstić information content (AvgIpc) is 2.76. The summed E-state index contributed by atoms with van der Waals surface area (Å²) < 4.78 is 0. The Bertz CT molecular complexity index is 859. The fraction of sp³-hybridized carbons (Fsp3) is 0.667. The first-order chi connectivity index (χ1) is 17.1. The first-order valence-electron chi connectivity index (χ1n) is 11.6. The number of aliphatic carboxylic acids is 2. The first kappa shape index (κ1) is 33.0. The summed E-state index contributed by atoms with van der Waals surface area (Å²) in [4.78, 5) is 75.6. The number of carboxylic acids is 2. The number of carboxylic acid groups (broad SMARTS) is 2. The van der Waals surface area contributed by atoms with Gasteiger partial charge in [0, 0.05) is 13.0 Å². The first-order valence-corrected chi connectivity index (χ1v) is 11.6. The molecular weight excluding hydrogens is 492 g/mol. The highest BCUT2D eigenvalue weighted by molar-refractivity contribution is 5.95. The Morgan fingerprint density at radius 2 is 1.35 bits per heavy atom. The van der Waals surface area contributed by atoms with Gasteiger partial charge in [-0.05, 0) is 31.6 Å². The topological polar surface area (TPSA) is 295 Å². The number of aliphatic imine (C=N–C) groups is 1. The van der Waals surface area contributed by atoms with Crippen molar-refractivity contribution in [1.29, 1.82) is 0 Å². The molecule has 0 spiro atoms. The molecule has 4 atom stereocenters. The van der Waals surface area contributed by atoms with Crippen LogP contribution in [0.2, 0.25) is 0 Å². The van der Waals surface area contributed by atoms with Gasteiger partial charge in [0.05, 0.1) is 12.5 Å². The van der Waals surface area contributed by atoms with Crippen molar-refractivity contribution < 1.29 is 39.0 Å². The number of nitrogens with zero attached hydrogens (tertiary/aromatic N) is 1. The maximum absolute atomic E-state index is 13.0. The number of primary amides is 1. The van der Waals surface area contributed by atoms with E-state index < -0.39 is 72.6 Å². The number of carbonyl (C=O) groups is 6. The number of guanidine groups is 1. The van der Waals surface area contributed by atoms with E-state index in [4.69, 9.17) is 28.0 Å². The van der Waals surface area contributed by atoms with Crippen molar-refractivity contribution in [3.63, 3.8) is 0 Å². The zero-order valence-electron chi connectivity index (χ0n) is 20.9. The minimum atomic E-state index is -1.61. The van der Waals surface area contributed by atoms with E-state index in [1.54, 1.807) is 13.8 Å². The molecule has 210 valence electrons. The summed E-state index contributed by atoms with van der Waals surface area (Å²) in [5.74, 6) is -6.42. The van der Waals surface area contributed by atoms with Crippen molar-refractivity contribution >= 4 is 41.5 Å². The molecular formula is C21H38N8O8. The molecule has 0 aromatic carbocycles. The molecule has 0 heterocycles. The van der Waals surface area contributed by atoms with Crippen molar-refractivity contribution in [2.45, 2.75) is 76.5 Å². The van der Waals surface area contributed by atoms with Gasteiger partial charge in [0.2, 0.25) is 23.6 Å². The molecule has 0 bridgehead atoms. The second kappa shape index (κ2) is 16.7. The third-order valence-electron chi connectivity index (χ3n) is 4.94. The van der Waals surface area contributed by atoms with E-state index >= 15 is 0 Å². The van der Waals surface area contributed by atoms with Crippen LogP contribution >= 0.6 is 0 Å². The summed E-state index contributed by atoms with van der Waals surface area (Å²) in [6.07, 6.45) is -0.829. The summed E-state index contributed by atoms with van der Waals surface area (Å²) in [6.45, 7) is 3.72. The Morgan fingerprint density at radius 3 is 1.84 bits per heavy atom. The molecule has 0 saturated carbocycles. The quantitative estimate of drug-likeness (QED) is 0.0480. The number of nitrogens with two attached hydrogens (primary N) is 4. The Hall–Kier alpha value is -3.95. The van der Waals surface area contributed by atoms with Gasteiger partial charge in [-0.15, -0.1) is 0 Å². The molecule has 0 aliphatic rings. The number of hydrogen-bond acceptors (Lipinski definition) is 8. The third kappa shape index (κ3) is 14.9. The second-order valence-electron chi connectivity index (χ2n) is 8.81. The van der Waals surface area contributed by atoms with Gasteiger partial charge in [0.1, 0.15) is 18.1 Å². The Kier molecular flexibility index (Phi) is 14.9. The number of rotatable bonds is 18. The molecule has 37 heavy (non-hydrogen) atoms. The lowest BCUT2D eigenvalue weighted by molar-refractivity contribution is -0.144. The van der Waals surface area contributed by atoms with Crippen LogP contribution in [0.4, 0.5) is 0 Å². The van der Waals surface area contributed by atoms with Crippen LogP contribution in [0, 0.1) is 5.92 Å². The third-order valence-corrected chi connectivity index (χ3v) is 4.94. The zero-order valence-corrected chi connectivity index (χ0v) is 20.9. The van der Waals surface area contributed by atoms with Gasteiger partial charge in [0.15, 0.2) is 5.96 Å². The Morgan fingerprint density at radius 1 is 0.811 bits per heavy atom. The lowest BCUT2D eigenvalue weighted by atomic mass is 10.0. The van der Waals surface area contributed by atoms with Crippen LogP contribution in [-0.4, -0.2) is 82.5 Å². The highest BCUT2D eigenvalue weighted by Crippen LogP contribution is 2.08. The van der Waals surface area contributed by atoms with E-state index in [0.29, 0.717) is 6.42 Å². The highest BCUT2D eigenvalue weighted by atomic mass is 16.4. The van der Waals surface area contributed by atoms with Gasteiger partial charge in [-0.3, -0.25) is 29.0 Å². The van der Waals surface area contributed by atoms with E-state index in [1.807, 2.05) is 0 Å². The van der Waals surface area contributed by atoms with Crippen molar-refractivity contribution in [1.82, 2.24) is 16.0 Å². The highest BCUT2D eigenvalue weighted by Gasteiger charge is 2.31. The summed E-state index contributed by atoms with van der Waals surface area (Å²) in [6, 6.07) is -5.26. The molecule has 0 aliphatic heterocycles. The summed E-state index contributed by atoms with van der Waals surface area (Å²) in [7, 11) is 0. The Balaban J connectivity index is 5.51. The van der Waals surface area contributed by atoms with Crippen molar-refractivity contribution in [2.24, 2.45) is 33.8 Å². The molecule has 0 radical (unpaired) electrons. The van der Waals surface area contributed by atoms with Crippen LogP contribution in [0.3, 0.4) is 0 Å². The Labute approximate surface area is 214 Å². The van der Waals surface area contributed by atoms with Gasteiger partial charge >= 0.3 is 11.9 Å². The minimum absolute atomic E-state index is 0.0738.